The first-order valence-corrected chi connectivity index (χ1v) is 11.2. The van der Waals surface area contributed by atoms with Crippen LogP contribution in [-0.2, 0) is 14.8 Å². The number of nitrogens with two attached hydrogens (primary N) is 1. The molecule has 2 fully saturated rings. The lowest BCUT2D eigenvalue weighted by molar-refractivity contribution is 0.0363. The first-order chi connectivity index (χ1) is 11.6. The van der Waals surface area contributed by atoms with Gasteiger partial charge in [0, 0.05) is 25.7 Å². The smallest absolute Gasteiger partial charge is 0.214 e. The Labute approximate surface area is 147 Å². The third kappa shape index (κ3) is 6.59. The zero-order valence-corrected chi connectivity index (χ0v) is 15.8. The van der Waals surface area contributed by atoms with Gasteiger partial charge in [0.15, 0.2) is 0 Å². The summed E-state index contributed by atoms with van der Waals surface area (Å²) < 4.78 is 32.7. The van der Waals surface area contributed by atoms with Crippen molar-refractivity contribution in [3.63, 3.8) is 0 Å². The number of rotatable bonds is 12. The van der Waals surface area contributed by atoms with Crippen LogP contribution in [-0.4, -0.2) is 75.4 Å². The number of unbranched alkanes of at least 4 members (excludes halogenated alkanes) is 3. The van der Waals surface area contributed by atoms with Gasteiger partial charge < -0.3 is 10.5 Å². The van der Waals surface area contributed by atoms with Crippen molar-refractivity contribution in [1.29, 1.82) is 0 Å². The Morgan fingerprint density at radius 1 is 1.04 bits per heavy atom. The van der Waals surface area contributed by atoms with Gasteiger partial charge in [-0.3, -0.25) is 4.90 Å². The third-order valence-corrected chi connectivity index (χ3v) is 7.15. The van der Waals surface area contributed by atoms with Crippen molar-refractivity contribution in [3.05, 3.63) is 0 Å². The maximum absolute atomic E-state index is 12.7. The molecule has 1 aliphatic heterocycles. The minimum atomic E-state index is -3.11. The zero-order valence-electron chi connectivity index (χ0n) is 15.0. The molecule has 1 saturated heterocycles. The highest BCUT2D eigenvalue weighted by Crippen LogP contribution is 2.28. The van der Waals surface area contributed by atoms with E-state index < -0.39 is 10.0 Å². The van der Waals surface area contributed by atoms with Crippen LogP contribution in [0.4, 0.5) is 0 Å². The molecular weight excluding hydrogens is 326 g/mol. The minimum Gasteiger partial charge on any atom is -0.379 e. The van der Waals surface area contributed by atoms with Crippen molar-refractivity contribution in [2.75, 3.05) is 51.7 Å². The molecule has 0 bridgehead atoms. The predicted octanol–water partition coefficient (Wildman–Crippen LogP) is 1.41. The van der Waals surface area contributed by atoms with Gasteiger partial charge in [-0.05, 0) is 45.2 Å². The van der Waals surface area contributed by atoms with Crippen molar-refractivity contribution in [2.45, 2.75) is 57.4 Å². The molecule has 1 heterocycles. The van der Waals surface area contributed by atoms with E-state index in [0.717, 1.165) is 84.2 Å². The predicted molar refractivity (Wildman–Crippen MR) is 97.5 cm³/mol. The van der Waals surface area contributed by atoms with Crippen molar-refractivity contribution >= 4 is 10.0 Å². The maximum Gasteiger partial charge on any atom is 0.214 e. The van der Waals surface area contributed by atoms with Gasteiger partial charge in [-0.25, -0.2) is 8.42 Å². The normalized spacial score (nSPS) is 20.4. The maximum atomic E-state index is 12.7. The van der Waals surface area contributed by atoms with E-state index in [-0.39, 0.29) is 6.04 Å². The molecule has 0 amide bonds. The summed E-state index contributed by atoms with van der Waals surface area (Å²) in [5, 5.41) is 0. The summed E-state index contributed by atoms with van der Waals surface area (Å²) >= 11 is 0. The van der Waals surface area contributed by atoms with Crippen LogP contribution in [0.5, 0.6) is 0 Å². The van der Waals surface area contributed by atoms with Crippen molar-refractivity contribution < 1.29 is 13.2 Å². The van der Waals surface area contributed by atoms with Gasteiger partial charge in [0.2, 0.25) is 10.0 Å². The van der Waals surface area contributed by atoms with Crippen molar-refractivity contribution in [3.8, 4) is 0 Å². The number of hydrogen-bond acceptors (Lipinski definition) is 5. The Balaban J connectivity index is 1.75. The molecule has 2 N–H and O–H groups in total. The Morgan fingerprint density at radius 3 is 2.38 bits per heavy atom. The second kappa shape index (κ2) is 10.7. The fourth-order valence-electron chi connectivity index (χ4n) is 3.40. The number of ether oxygens (including phenoxy) is 1. The quantitative estimate of drug-likeness (QED) is 0.532. The molecule has 0 unspecified atom stereocenters. The Kier molecular flexibility index (Phi) is 8.97. The lowest BCUT2D eigenvalue weighted by Crippen LogP contribution is -2.46. The molecular formula is C17H35N3O3S. The van der Waals surface area contributed by atoms with Gasteiger partial charge in [-0.15, -0.1) is 0 Å². The first-order valence-electron chi connectivity index (χ1n) is 9.63. The van der Waals surface area contributed by atoms with E-state index in [1.54, 1.807) is 0 Å². The van der Waals surface area contributed by atoms with Gasteiger partial charge in [0.25, 0.3) is 0 Å². The molecule has 0 aromatic heterocycles. The minimum absolute atomic E-state index is 0.253. The fourth-order valence-corrected chi connectivity index (χ4v) is 5.27. The first kappa shape index (κ1) is 20.1. The Morgan fingerprint density at radius 2 is 1.75 bits per heavy atom. The molecule has 6 nitrogen and oxygen atoms in total. The average Bonchev–Trinajstić information content (AvgIpc) is 2.53. The molecule has 0 aromatic rings. The van der Waals surface area contributed by atoms with E-state index in [9.17, 15) is 8.42 Å². The molecule has 0 radical (unpaired) electrons. The summed E-state index contributed by atoms with van der Waals surface area (Å²) in [5.41, 5.74) is 5.49. The summed E-state index contributed by atoms with van der Waals surface area (Å²) in [4.78, 5) is 2.38. The van der Waals surface area contributed by atoms with Gasteiger partial charge in [-0.1, -0.05) is 19.3 Å². The SMILES string of the molecule is NCCCCCCS(=O)(=O)N(CCCN1CCOCC1)C1CCC1. The molecule has 1 aliphatic carbocycles. The van der Waals surface area contributed by atoms with Crippen LogP contribution in [0, 0.1) is 0 Å². The molecule has 7 heteroatoms. The molecule has 0 aromatic carbocycles. The van der Waals surface area contributed by atoms with Gasteiger partial charge in [0.1, 0.15) is 0 Å². The van der Waals surface area contributed by atoms with Gasteiger partial charge >= 0.3 is 0 Å². The summed E-state index contributed by atoms with van der Waals surface area (Å²) in [6.45, 7) is 5.88. The van der Waals surface area contributed by atoms with Crippen LogP contribution in [0.2, 0.25) is 0 Å². The lowest BCUT2D eigenvalue weighted by Gasteiger charge is -2.37. The monoisotopic (exact) mass is 361 g/mol. The second-order valence-corrected chi connectivity index (χ2v) is 9.06. The van der Waals surface area contributed by atoms with Crippen LogP contribution in [0.15, 0.2) is 0 Å². The lowest BCUT2D eigenvalue weighted by atomic mass is 9.93. The average molecular weight is 362 g/mol. The molecule has 0 spiro atoms. The molecule has 2 aliphatic rings. The molecule has 24 heavy (non-hydrogen) atoms. The number of nitrogens with zero attached hydrogens (tertiary/aromatic N) is 2. The summed E-state index contributed by atoms with van der Waals surface area (Å²) in [6, 6.07) is 0.253. The number of morpholine rings is 1. The third-order valence-electron chi connectivity index (χ3n) is 5.15. The van der Waals surface area contributed by atoms with Crippen molar-refractivity contribution in [1.82, 2.24) is 9.21 Å². The van der Waals surface area contributed by atoms with Gasteiger partial charge in [-0.2, -0.15) is 4.31 Å². The van der Waals surface area contributed by atoms with E-state index in [0.29, 0.717) is 18.8 Å². The molecule has 142 valence electrons. The second-order valence-electron chi connectivity index (χ2n) is 7.02. The van der Waals surface area contributed by atoms with Crippen molar-refractivity contribution in [2.24, 2.45) is 5.73 Å². The van der Waals surface area contributed by atoms with E-state index in [1.165, 1.54) is 0 Å². The van der Waals surface area contributed by atoms with Crippen LogP contribution in [0.1, 0.15) is 51.4 Å². The van der Waals surface area contributed by atoms with E-state index in [4.69, 9.17) is 10.5 Å². The number of hydrogen-bond donors (Lipinski definition) is 1. The standard InChI is InChI=1S/C17H35N3O3S/c18-9-3-1-2-4-16-24(21,22)20(17-7-5-8-17)11-6-10-19-12-14-23-15-13-19/h17H,1-16,18H2. The summed E-state index contributed by atoms with van der Waals surface area (Å²) in [7, 11) is -3.11. The van der Waals surface area contributed by atoms with E-state index in [1.807, 2.05) is 4.31 Å². The number of sulfonamides is 1. The van der Waals surface area contributed by atoms with E-state index >= 15 is 0 Å². The van der Waals surface area contributed by atoms with Crippen LogP contribution in [0.3, 0.4) is 0 Å². The fraction of sp³-hybridized carbons (Fsp3) is 1.00. The highest BCUT2D eigenvalue weighted by molar-refractivity contribution is 7.89. The van der Waals surface area contributed by atoms with Crippen LogP contribution < -0.4 is 5.73 Å². The highest BCUT2D eigenvalue weighted by atomic mass is 32.2. The molecule has 0 atom stereocenters. The Hall–Kier alpha value is -0.210. The topological polar surface area (TPSA) is 75.9 Å². The Bertz CT molecular complexity index is 434. The largest absolute Gasteiger partial charge is 0.379 e. The van der Waals surface area contributed by atoms with Gasteiger partial charge in [0.05, 0.1) is 19.0 Å². The van der Waals surface area contributed by atoms with E-state index in [2.05, 4.69) is 4.90 Å². The summed E-state index contributed by atoms with van der Waals surface area (Å²) in [6.07, 6.45) is 7.89. The summed E-state index contributed by atoms with van der Waals surface area (Å²) in [5.74, 6) is 0.297. The zero-order chi connectivity index (χ0) is 17.3. The molecule has 1 saturated carbocycles. The highest BCUT2D eigenvalue weighted by Gasteiger charge is 2.33. The van der Waals surface area contributed by atoms with Crippen LogP contribution >= 0.6 is 0 Å². The molecule has 2 rings (SSSR count). The van der Waals surface area contributed by atoms with Crippen LogP contribution in [0.25, 0.3) is 0 Å².